The van der Waals surface area contributed by atoms with Crippen LogP contribution >= 0.6 is 0 Å². The fourth-order valence-electron chi connectivity index (χ4n) is 13.9. The SMILES string of the molecule is CCCCCCCCC=CCCCCCCCCOCC(CN1CCCCC1)OCCOC(=O)[C@H](C)NC(=O)O[C@H]1CC[C@@]2(C)C(=CC[C@H]3[C@@H]4CC[C@H]([C@H](C)CCCC(C)C)[C@@]4(C)CC[C@@H]32)C1. The number of nitrogens with zero attached hydrogens (tertiary/aromatic N) is 1. The first-order valence-electron chi connectivity index (χ1n) is 28.8. The normalized spacial score (nSPS) is 28.9. The number of allylic oxidation sites excluding steroid dienone is 3. The molecule has 0 spiro atoms. The summed E-state index contributed by atoms with van der Waals surface area (Å²) in [5.41, 5.74) is 2.19. The van der Waals surface area contributed by atoms with Gasteiger partial charge in [-0.05, 0) is 156 Å². The molecule has 386 valence electrons. The third-order valence-corrected chi connectivity index (χ3v) is 17.9. The van der Waals surface area contributed by atoms with Crippen LogP contribution in [-0.4, -0.2) is 81.3 Å². The fourth-order valence-corrected chi connectivity index (χ4v) is 13.9. The van der Waals surface area contributed by atoms with Gasteiger partial charge in [0.15, 0.2) is 0 Å². The maximum absolute atomic E-state index is 13.1. The van der Waals surface area contributed by atoms with Gasteiger partial charge >= 0.3 is 12.1 Å². The lowest BCUT2D eigenvalue weighted by atomic mass is 9.47. The van der Waals surface area contributed by atoms with E-state index in [4.69, 9.17) is 18.9 Å². The smallest absolute Gasteiger partial charge is 0.408 e. The molecule has 0 radical (unpaired) electrons. The molecule has 0 aromatic rings. The molecular formula is C59H104N2O6. The van der Waals surface area contributed by atoms with Crippen molar-refractivity contribution in [3.8, 4) is 0 Å². The van der Waals surface area contributed by atoms with Gasteiger partial charge in [-0.25, -0.2) is 9.59 Å². The number of rotatable bonds is 32. The summed E-state index contributed by atoms with van der Waals surface area (Å²) in [6.07, 6.45) is 42.1. The Balaban J connectivity index is 0.939. The lowest BCUT2D eigenvalue weighted by molar-refractivity contribution is -0.148. The number of alkyl carbamates (subject to hydrolysis) is 1. The van der Waals surface area contributed by atoms with Crippen LogP contribution in [0.2, 0.25) is 0 Å². The molecule has 4 aliphatic carbocycles. The molecule has 8 heteroatoms. The Morgan fingerprint density at radius 1 is 0.776 bits per heavy atom. The molecule has 8 nitrogen and oxygen atoms in total. The number of esters is 1. The highest BCUT2D eigenvalue weighted by Crippen LogP contribution is 2.67. The summed E-state index contributed by atoms with van der Waals surface area (Å²) in [5.74, 6) is 4.38. The van der Waals surface area contributed by atoms with Gasteiger partial charge in [-0.1, -0.05) is 149 Å². The number of amides is 1. The number of hydrogen-bond donors (Lipinski definition) is 1. The van der Waals surface area contributed by atoms with Crippen LogP contribution < -0.4 is 5.32 Å². The molecule has 3 saturated carbocycles. The lowest BCUT2D eigenvalue weighted by Gasteiger charge is -2.58. The van der Waals surface area contributed by atoms with Crippen LogP contribution in [-0.2, 0) is 23.7 Å². The molecule has 1 saturated heterocycles. The highest BCUT2D eigenvalue weighted by atomic mass is 16.6. The van der Waals surface area contributed by atoms with Crippen molar-refractivity contribution in [1.82, 2.24) is 10.2 Å². The van der Waals surface area contributed by atoms with Crippen molar-refractivity contribution in [3.63, 3.8) is 0 Å². The standard InChI is InChI=1S/C59H104N2O6/c1-8-9-10-11-12-13-14-15-16-17-18-19-20-21-22-26-40-64-45-51(44-61-38-24-23-25-39-61)65-41-42-66-56(62)48(5)60-57(63)67-50-34-36-58(6)49(43-50)30-31-52-54-33-32-53(47(4)29-27-28-46(2)3)59(54,7)37-35-55(52)58/h15-16,30,46-48,50-55H,8-14,17-29,31-45H2,1-7H3,(H,60,63)/t47-,48+,50+,51?,52+,53-,54+,55+,58+,59-/m1/s1. The van der Waals surface area contributed by atoms with Crippen LogP contribution in [0.25, 0.3) is 0 Å². The average Bonchev–Trinajstić information content (AvgIpc) is 3.67. The number of piperidine rings is 1. The van der Waals surface area contributed by atoms with Gasteiger partial charge in [-0.2, -0.15) is 0 Å². The van der Waals surface area contributed by atoms with Crippen LogP contribution in [0.5, 0.6) is 0 Å². The summed E-state index contributed by atoms with van der Waals surface area (Å²) in [7, 11) is 0. The molecule has 4 fully saturated rings. The van der Waals surface area contributed by atoms with Crippen molar-refractivity contribution in [1.29, 1.82) is 0 Å². The van der Waals surface area contributed by atoms with E-state index in [0.717, 1.165) is 87.4 Å². The second-order valence-corrected chi connectivity index (χ2v) is 23.5. The van der Waals surface area contributed by atoms with Gasteiger partial charge in [0.05, 0.1) is 19.3 Å². The van der Waals surface area contributed by atoms with Gasteiger partial charge in [0.1, 0.15) is 18.8 Å². The molecular weight excluding hydrogens is 833 g/mol. The number of carbonyl (C=O) groups is 2. The minimum Gasteiger partial charge on any atom is -0.462 e. The van der Waals surface area contributed by atoms with Crippen molar-refractivity contribution in [2.45, 2.75) is 246 Å². The van der Waals surface area contributed by atoms with E-state index in [1.165, 1.54) is 160 Å². The molecule has 0 bridgehead atoms. The van der Waals surface area contributed by atoms with Crippen molar-refractivity contribution in [2.24, 2.45) is 46.3 Å². The summed E-state index contributed by atoms with van der Waals surface area (Å²) in [4.78, 5) is 28.6. The Morgan fingerprint density at radius 3 is 2.19 bits per heavy atom. The zero-order valence-electron chi connectivity index (χ0n) is 44.6. The maximum Gasteiger partial charge on any atom is 0.408 e. The van der Waals surface area contributed by atoms with Gasteiger partial charge < -0.3 is 29.2 Å². The van der Waals surface area contributed by atoms with E-state index in [0.29, 0.717) is 18.6 Å². The summed E-state index contributed by atoms with van der Waals surface area (Å²) < 4.78 is 24.0. The fraction of sp³-hybridized carbons (Fsp3) is 0.898. The predicted molar refractivity (Wildman–Crippen MR) is 277 cm³/mol. The molecule has 10 atom stereocenters. The van der Waals surface area contributed by atoms with E-state index in [1.54, 1.807) is 6.92 Å². The number of fused-ring (bicyclic) bond motifs is 5. The topological polar surface area (TPSA) is 86.3 Å². The summed E-state index contributed by atoms with van der Waals surface area (Å²) in [6, 6.07) is -0.801. The average molecular weight is 937 g/mol. The molecule has 1 aliphatic heterocycles. The Morgan fingerprint density at radius 2 is 1.48 bits per heavy atom. The second kappa shape index (κ2) is 30.1. The Labute approximate surface area is 412 Å². The van der Waals surface area contributed by atoms with Crippen molar-refractivity contribution in [3.05, 3.63) is 23.8 Å². The number of likely N-dealkylation sites (tertiary alicyclic amines) is 1. The lowest BCUT2D eigenvalue weighted by Crippen LogP contribution is -2.51. The van der Waals surface area contributed by atoms with Crippen LogP contribution in [0.4, 0.5) is 4.79 Å². The van der Waals surface area contributed by atoms with E-state index < -0.39 is 18.1 Å². The Hall–Kier alpha value is -1.90. The van der Waals surface area contributed by atoms with Crippen molar-refractivity contribution >= 4 is 12.1 Å². The number of hydrogen-bond acceptors (Lipinski definition) is 7. The highest BCUT2D eigenvalue weighted by molar-refractivity contribution is 5.80. The largest absolute Gasteiger partial charge is 0.462 e. The first-order valence-corrected chi connectivity index (χ1v) is 28.8. The van der Waals surface area contributed by atoms with Crippen molar-refractivity contribution in [2.75, 3.05) is 46.1 Å². The van der Waals surface area contributed by atoms with Crippen LogP contribution in [0.3, 0.4) is 0 Å². The summed E-state index contributed by atoms with van der Waals surface area (Å²) in [6.45, 7) is 21.2. The third kappa shape index (κ3) is 18.0. The van der Waals surface area contributed by atoms with E-state index in [-0.39, 0.29) is 24.2 Å². The molecule has 1 unspecified atom stereocenters. The molecule has 67 heavy (non-hydrogen) atoms. The Kier molecular flexibility index (Phi) is 25.2. The first-order chi connectivity index (χ1) is 32.4. The van der Waals surface area contributed by atoms with E-state index in [9.17, 15) is 9.59 Å². The molecule has 1 N–H and O–H groups in total. The molecule has 5 rings (SSSR count). The highest BCUT2D eigenvalue weighted by Gasteiger charge is 2.59. The zero-order chi connectivity index (χ0) is 47.9. The van der Waals surface area contributed by atoms with Gasteiger partial charge in [-0.3, -0.25) is 0 Å². The number of carbonyl (C=O) groups excluding carboxylic acids is 2. The number of nitrogens with one attached hydrogen (secondary N) is 1. The zero-order valence-corrected chi connectivity index (χ0v) is 44.6. The van der Waals surface area contributed by atoms with E-state index in [1.807, 2.05) is 0 Å². The Bertz CT molecular complexity index is 1460. The van der Waals surface area contributed by atoms with Crippen LogP contribution in [0.15, 0.2) is 23.8 Å². The number of unbranched alkanes of at least 4 members (excludes halogenated alkanes) is 12. The van der Waals surface area contributed by atoms with Crippen LogP contribution in [0, 0.1) is 46.3 Å². The third-order valence-electron chi connectivity index (χ3n) is 17.9. The monoisotopic (exact) mass is 937 g/mol. The quantitative estimate of drug-likeness (QED) is 0.0408. The van der Waals surface area contributed by atoms with Crippen molar-refractivity contribution < 1.29 is 28.5 Å². The minimum absolute atomic E-state index is 0.0644. The second-order valence-electron chi connectivity index (χ2n) is 23.5. The molecule has 0 aromatic heterocycles. The first kappa shape index (κ1) is 56.0. The van der Waals surface area contributed by atoms with Gasteiger partial charge in [0, 0.05) is 19.6 Å². The number of ether oxygens (including phenoxy) is 4. The minimum atomic E-state index is -0.801. The summed E-state index contributed by atoms with van der Waals surface area (Å²) in [5, 5.41) is 2.77. The van der Waals surface area contributed by atoms with Crippen LogP contribution in [0.1, 0.15) is 228 Å². The molecule has 1 amide bonds. The summed E-state index contributed by atoms with van der Waals surface area (Å²) >= 11 is 0. The van der Waals surface area contributed by atoms with Gasteiger partial charge in [0.25, 0.3) is 0 Å². The van der Waals surface area contributed by atoms with Gasteiger partial charge in [-0.15, -0.1) is 0 Å². The van der Waals surface area contributed by atoms with E-state index in [2.05, 4.69) is 70.0 Å². The molecule has 1 heterocycles. The molecule has 0 aromatic carbocycles. The van der Waals surface area contributed by atoms with E-state index >= 15 is 0 Å². The van der Waals surface area contributed by atoms with Gasteiger partial charge in [0.2, 0.25) is 0 Å². The predicted octanol–water partition coefficient (Wildman–Crippen LogP) is 15.0. The molecule has 5 aliphatic rings. The maximum atomic E-state index is 13.1.